The number of likely N-dealkylation sites (tertiary alicyclic amines) is 2. The van der Waals surface area contributed by atoms with Crippen LogP contribution < -0.4 is 21.3 Å². The molecular formula is C32H52N6O6. The van der Waals surface area contributed by atoms with E-state index in [2.05, 4.69) is 27.8 Å². The molecular weight excluding hydrogens is 564 g/mol. The average Bonchev–Trinajstić information content (AvgIpc) is 3.48. The summed E-state index contributed by atoms with van der Waals surface area (Å²) in [6.07, 6.45) is 9.23. The van der Waals surface area contributed by atoms with Gasteiger partial charge in [-0.05, 0) is 49.4 Å². The molecule has 6 amide bonds. The minimum atomic E-state index is -0.861. The standard InChI is InChI=1S/C32H52N6O6/c1-6-17-33-28(42)23(39)20-34-27(41)22-13-12-19-38(22)29(43)26(32(5)15-9-7-10-16-32)36-30(44)35-24(31(2,3)4)21-37-18-11-8-14-25(37)40/h6,22,24,26H,1,7-21H2,2-5H3,(H,33,42)(H,34,41)(H2,35,36,44)/t22-,24+,26+/m0/s1. The second-order valence-electron chi connectivity index (χ2n) is 13.8. The highest BCUT2D eigenvalue weighted by Crippen LogP contribution is 2.40. The maximum atomic E-state index is 14.2. The van der Waals surface area contributed by atoms with Gasteiger partial charge in [0.2, 0.25) is 23.5 Å². The number of carbonyl (C=O) groups excluding carboxylic acids is 6. The van der Waals surface area contributed by atoms with E-state index in [-0.39, 0.29) is 29.8 Å². The van der Waals surface area contributed by atoms with Gasteiger partial charge in [0.1, 0.15) is 12.1 Å². The van der Waals surface area contributed by atoms with Gasteiger partial charge < -0.3 is 31.1 Å². The largest absolute Gasteiger partial charge is 0.347 e. The molecule has 0 bridgehead atoms. The smallest absolute Gasteiger partial charge is 0.315 e. The minimum absolute atomic E-state index is 0.0907. The highest BCUT2D eigenvalue weighted by Gasteiger charge is 2.46. The molecule has 0 unspecified atom stereocenters. The van der Waals surface area contributed by atoms with E-state index >= 15 is 0 Å². The Morgan fingerprint density at radius 3 is 2.32 bits per heavy atom. The zero-order valence-electron chi connectivity index (χ0n) is 27.0. The highest BCUT2D eigenvalue weighted by molar-refractivity contribution is 6.37. The van der Waals surface area contributed by atoms with Crippen molar-refractivity contribution in [2.75, 3.05) is 32.7 Å². The van der Waals surface area contributed by atoms with Crippen molar-refractivity contribution in [3.05, 3.63) is 12.7 Å². The third-order valence-electron chi connectivity index (χ3n) is 9.31. The lowest BCUT2D eigenvalue weighted by Crippen LogP contribution is -2.62. The topological polar surface area (TPSA) is 157 Å². The van der Waals surface area contributed by atoms with E-state index in [1.54, 1.807) is 0 Å². The normalized spacial score (nSPS) is 21.5. The molecule has 2 heterocycles. The Kier molecular flexibility index (Phi) is 12.4. The van der Waals surface area contributed by atoms with E-state index in [0.717, 1.165) is 44.9 Å². The van der Waals surface area contributed by atoms with Crippen LogP contribution in [0.3, 0.4) is 0 Å². The summed E-state index contributed by atoms with van der Waals surface area (Å²) in [4.78, 5) is 80.8. The molecule has 3 rings (SSSR count). The van der Waals surface area contributed by atoms with Crippen LogP contribution in [0.1, 0.15) is 91.9 Å². The molecule has 0 aromatic rings. The second kappa shape index (κ2) is 15.5. The number of ketones is 1. The number of carbonyl (C=O) groups is 6. The molecule has 2 saturated heterocycles. The van der Waals surface area contributed by atoms with E-state index in [9.17, 15) is 28.8 Å². The Labute approximate surface area is 261 Å². The van der Waals surface area contributed by atoms with Crippen molar-refractivity contribution in [3.63, 3.8) is 0 Å². The molecule has 3 aliphatic rings. The molecule has 44 heavy (non-hydrogen) atoms. The summed E-state index contributed by atoms with van der Waals surface area (Å²) in [5.41, 5.74) is -0.850. The van der Waals surface area contributed by atoms with E-state index in [0.29, 0.717) is 38.9 Å². The third-order valence-corrected chi connectivity index (χ3v) is 9.31. The lowest BCUT2D eigenvalue weighted by Gasteiger charge is -2.43. The number of hydrogen-bond donors (Lipinski definition) is 4. The highest BCUT2D eigenvalue weighted by atomic mass is 16.2. The molecule has 0 aromatic heterocycles. The molecule has 4 N–H and O–H groups in total. The van der Waals surface area contributed by atoms with Crippen molar-refractivity contribution < 1.29 is 28.8 Å². The summed E-state index contributed by atoms with van der Waals surface area (Å²) in [6.45, 7) is 12.6. The van der Waals surface area contributed by atoms with E-state index in [1.807, 2.05) is 32.6 Å². The fourth-order valence-electron chi connectivity index (χ4n) is 6.42. The van der Waals surface area contributed by atoms with Crippen LogP contribution in [0.5, 0.6) is 0 Å². The quantitative estimate of drug-likeness (QED) is 0.194. The molecule has 0 spiro atoms. The Morgan fingerprint density at radius 1 is 0.977 bits per heavy atom. The molecule has 1 saturated carbocycles. The van der Waals surface area contributed by atoms with Crippen LogP contribution >= 0.6 is 0 Å². The van der Waals surface area contributed by atoms with Crippen molar-refractivity contribution >= 4 is 35.4 Å². The SMILES string of the molecule is C=CCNC(=O)C(=O)CNC(=O)[C@@H]1CCCN1C(=O)[C@@H](NC(=O)N[C@H](CN1CCCCC1=O)C(C)(C)C)C1(C)CCCCC1. The van der Waals surface area contributed by atoms with Gasteiger partial charge >= 0.3 is 6.03 Å². The van der Waals surface area contributed by atoms with Crippen LogP contribution in [0.15, 0.2) is 12.7 Å². The number of amides is 6. The first-order valence-corrected chi connectivity index (χ1v) is 16.1. The first-order valence-electron chi connectivity index (χ1n) is 16.1. The maximum absolute atomic E-state index is 14.2. The molecule has 0 aromatic carbocycles. The molecule has 3 fully saturated rings. The molecule has 12 nitrogen and oxygen atoms in total. The Balaban J connectivity index is 1.73. The van der Waals surface area contributed by atoms with Gasteiger partial charge in [0.15, 0.2) is 0 Å². The van der Waals surface area contributed by atoms with Gasteiger partial charge in [0.05, 0.1) is 12.6 Å². The van der Waals surface area contributed by atoms with E-state index in [4.69, 9.17) is 0 Å². The number of Topliss-reactive ketones (excluding diaryl/α,β-unsaturated/α-hetero) is 1. The average molecular weight is 617 g/mol. The van der Waals surface area contributed by atoms with Crippen LogP contribution in [-0.4, -0.2) is 96.1 Å². The van der Waals surface area contributed by atoms with Crippen molar-refractivity contribution in [1.29, 1.82) is 0 Å². The van der Waals surface area contributed by atoms with Crippen LogP contribution in [0.4, 0.5) is 4.79 Å². The first kappa shape index (κ1) is 35.0. The van der Waals surface area contributed by atoms with Gasteiger partial charge in [0, 0.05) is 32.6 Å². The number of hydrogen-bond acceptors (Lipinski definition) is 6. The molecule has 0 radical (unpaired) electrons. The van der Waals surface area contributed by atoms with Crippen LogP contribution in [0.2, 0.25) is 0 Å². The van der Waals surface area contributed by atoms with Crippen LogP contribution in [0, 0.1) is 10.8 Å². The lowest BCUT2D eigenvalue weighted by atomic mass is 9.70. The number of nitrogens with one attached hydrogen (secondary N) is 4. The number of piperidine rings is 1. The van der Waals surface area contributed by atoms with Gasteiger partial charge in [-0.1, -0.05) is 53.0 Å². The van der Waals surface area contributed by atoms with Gasteiger partial charge in [-0.15, -0.1) is 6.58 Å². The Bertz CT molecular complexity index is 1100. The third kappa shape index (κ3) is 9.28. The number of nitrogens with zero attached hydrogens (tertiary/aromatic N) is 2. The number of urea groups is 1. The summed E-state index contributed by atoms with van der Waals surface area (Å²) in [6, 6.07) is -2.49. The van der Waals surface area contributed by atoms with Crippen LogP contribution in [-0.2, 0) is 24.0 Å². The summed E-state index contributed by atoms with van der Waals surface area (Å²) >= 11 is 0. The Hall–Kier alpha value is -3.44. The predicted octanol–water partition coefficient (Wildman–Crippen LogP) is 2.03. The molecule has 2 aliphatic heterocycles. The van der Waals surface area contributed by atoms with Gasteiger partial charge in [-0.3, -0.25) is 24.0 Å². The fraction of sp³-hybridized carbons (Fsp3) is 0.750. The molecule has 3 atom stereocenters. The zero-order chi connectivity index (χ0) is 32.5. The minimum Gasteiger partial charge on any atom is -0.347 e. The second-order valence-corrected chi connectivity index (χ2v) is 13.8. The monoisotopic (exact) mass is 616 g/mol. The molecule has 246 valence electrons. The number of rotatable bonds is 12. The summed E-state index contributed by atoms with van der Waals surface area (Å²) < 4.78 is 0. The van der Waals surface area contributed by atoms with Crippen LogP contribution in [0.25, 0.3) is 0 Å². The lowest BCUT2D eigenvalue weighted by molar-refractivity contribution is -0.143. The molecule has 1 aliphatic carbocycles. The van der Waals surface area contributed by atoms with Crippen molar-refractivity contribution in [3.8, 4) is 0 Å². The first-order chi connectivity index (χ1) is 20.8. The summed E-state index contributed by atoms with van der Waals surface area (Å²) in [5.74, 6) is -2.34. The van der Waals surface area contributed by atoms with Crippen molar-refractivity contribution in [2.45, 2.75) is 110 Å². The van der Waals surface area contributed by atoms with Gasteiger partial charge in [0.25, 0.3) is 5.91 Å². The summed E-state index contributed by atoms with van der Waals surface area (Å²) in [5, 5.41) is 11.0. The van der Waals surface area contributed by atoms with Crippen molar-refractivity contribution in [1.82, 2.24) is 31.1 Å². The van der Waals surface area contributed by atoms with E-state index < -0.39 is 47.7 Å². The summed E-state index contributed by atoms with van der Waals surface area (Å²) in [7, 11) is 0. The predicted molar refractivity (Wildman–Crippen MR) is 166 cm³/mol. The maximum Gasteiger partial charge on any atom is 0.315 e. The molecule has 12 heteroatoms. The zero-order valence-corrected chi connectivity index (χ0v) is 27.0. The van der Waals surface area contributed by atoms with E-state index in [1.165, 1.54) is 11.0 Å². The van der Waals surface area contributed by atoms with Crippen molar-refractivity contribution in [2.24, 2.45) is 10.8 Å². The van der Waals surface area contributed by atoms with Gasteiger partial charge in [-0.25, -0.2) is 4.79 Å². The Morgan fingerprint density at radius 2 is 1.68 bits per heavy atom. The fourth-order valence-corrected chi connectivity index (χ4v) is 6.42. The van der Waals surface area contributed by atoms with Gasteiger partial charge in [-0.2, -0.15) is 0 Å².